The molecule has 0 aliphatic rings. The lowest BCUT2D eigenvalue weighted by atomic mass is 10.2. The van der Waals surface area contributed by atoms with Crippen LogP contribution in [0.15, 0.2) is 35.1 Å². The van der Waals surface area contributed by atoms with E-state index in [1.54, 1.807) is 0 Å². The van der Waals surface area contributed by atoms with E-state index in [4.69, 9.17) is 5.11 Å². The number of hydrogen-bond acceptors (Lipinski definition) is 4. The highest BCUT2D eigenvalue weighted by molar-refractivity contribution is 5.87. The van der Waals surface area contributed by atoms with Crippen LogP contribution < -0.4 is 10.3 Å². The van der Waals surface area contributed by atoms with Gasteiger partial charge in [-0.05, 0) is 37.3 Å². The van der Waals surface area contributed by atoms with Gasteiger partial charge in [0.05, 0.1) is 11.4 Å². The van der Waals surface area contributed by atoms with Crippen molar-refractivity contribution < 1.29 is 27.8 Å². The number of carboxylic acid groups (broad SMARTS) is 1. The quantitative estimate of drug-likeness (QED) is 0.938. The molecule has 1 N–H and O–H groups in total. The van der Waals surface area contributed by atoms with Gasteiger partial charge in [-0.1, -0.05) is 0 Å². The van der Waals surface area contributed by atoms with Crippen LogP contribution in [0.2, 0.25) is 0 Å². The van der Waals surface area contributed by atoms with Gasteiger partial charge in [0.15, 0.2) is 0 Å². The maximum atomic E-state index is 12.1. The second kappa shape index (κ2) is 5.51. The van der Waals surface area contributed by atoms with E-state index in [2.05, 4.69) is 9.84 Å². The number of aromatic nitrogens is 2. The van der Waals surface area contributed by atoms with Gasteiger partial charge in [0, 0.05) is 0 Å². The lowest BCUT2D eigenvalue weighted by molar-refractivity contribution is -0.274. The highest BCUT2D eigenvalue weighted by atomic mass is 19.4. The van der Waals surface area contributed by atoms with Gasteiger partial charge >= 0.3 is 12.3 Å². The summed E-state index contributed by atoms with van der Waals surface area (Å²) in [5.74, 6) is -1.88. The van der Waals surface area contributed by atoms with Crippen LogP contribution in [0, 0.1) is 6.92 Å². The van der Waals surface area contributed by atoms with Crippen molar-refractivity contribution in [3.8, 4) is 11.4 Å². The Kier molecular flexibility index (Phi) is 3.89. The monoisotopic (exact) mass is 314 g/mol. The first kappa shape index (κ1) is 15.5. The van der Waals surface area contributed by atoms with Crippen molar-refractivity contribution in [1.82, 2.24) is 9.78 Å². The fourth-order valence-electron chi connectivity index (χ4n) is 1.73. The molecule has 6 nitrogen and oxygen atoms in total. The molecule has 0 radical (unpaired) electrons. The summed E-state index contributed by atoms with van der Waals surface area (Å²) in [6.45, 7) is 1.49. The number of ether oxygens (including phenoxy) is 1. The zero-order chi connectivity index (χ0) is 16.5. The van der Waals surface area contributed by atoms with Crippen molar-refractivity contribution in [2.45, 2.75) is 13.3 Å². The zero-order valence-corrected chi connectivity index (χ0v) is 11.1. The highest BCUT2D eigenvalue weighted by Gasteiger charge is 2.31. The average molecular weight is 314 g/mol. The van der Waals surface area contributed by atoms with Gasteiger partial charge in [0.1, 0.15) is 11.3 Å². The standard InChI is InChI=1S/C13H9F3N2O4/c1-7-6-10(12(20)21)11(19)18(17-7)8-2-4-9(5-3-8)22-13(14,15)16/h2-6H,1H3,(H,20,21). The van der Waals surface area contributed by atoms with E-state index in [0.717, 1.165) is 22.9 Å². The Morgan fingerprint density at radius 3 is 2.36 bits per heavy atom. The summed E-state index contributed by atoms with van der Waals surface area (Å²) in [6, 6.07) is 5.45. The van der Waals surface area contributed by atoms with Crippen LogP contribution in [0.1, 0.15) is 16.1 Å². The average Bonchev–Trinajstić information content (AvgIpc) is 2.40. The van der Waals surface area contributed by atoms with Crippen molar-refractivity contribution in [1.29, 1.82) is 0 Å². The van der Waals surface area contributed by atoms with Gasteiger partial charge in [0.25, 0.3) is 5.56 Å². The number of rotatable bonds is 3. The Balaban J connectivity index is 2.45. The molecule has 0 aliphatic carbocycles. The van der Waals surface area contributed by atoms with Crippen LogP contribution >= 0.6 is 0 Å². The molecule has 2 rings (SSSR count). The van der Waals surface area contributed by atoms with Gasteiger partial charge in [-0.25, -0.2) is 4.79 Å². The predicted octanol–water partition coefficient (Wildman–Crippen LogP) is 2.14. The molecule has 1 aromatic heterocycles. The normalized spacial score (nSPS) is 11.3. The van der Waals surface area contributed by atoms with Crippen molar-refractivity contribution in [2.75, 3.05) is 0 Å². The molecule has 0 unspecified atom stereocenters. The highest BCUT2D eigenvalue weighted by Crippen LogP contribution is 2.23. The first-order chi connectivity index (χ1) is 10.2. The molecular formula is C13H9F3N2O4. The van der Waals surface area contributed by atoms with Crippen LogP contribution in [0.4, 0.5) is 13.2 Å². The number of nitrogens with zero attached hydrogens (tertiary/aromatic N) is 2. The van der Waals surface area contributed by atoms with Crippen LogP contribution in [0.5, 0.6) is 5.75 Å². The topological polar surface area (TPSA) is 81.4 Å². The fourth-order valence-corrected chi connectivity index (χ4v) is 1.73. The van der Waals surface area contributed by atoms with E-state index in [-0.39, 0.29) is 11.4 Å². The summed E-state index contributed by atoms with van der Waals surface area (Å²) in [7, 11) is 0. The molecular weight excluding hydrogens is 305 g/mol. The second-order valence-electron chi connectivity index (χ2n) is 4.26. The molecule has 22 heavy (non-hydrogen) atoms. The Morgan fingerprint density at radius 1 is 1.27 bits per heavy atom. The van der Waals surface area contributed by atoms with E-state index in [1.165, 1.54) is 19.1 Å². The summed E-state index contributed by atoms with van der Waals surface area (Å²) in [4.78, 5) is 23.0. The van der Waals surface area contributed by atoms with Crippen molar-refractivity contribution in [2.24, 2.45) is 0 Å². The van der Waals surface area contributed by atoms with Crippen LogP contribution in [0.25, 0.3) is 5.69 Å². The fraction of sp³-hybridized carbons (Fsp3) is 0.154. The van der Waals surface area contributed by atoms with Gasteiger partial charge in [-0.3, -0.25) is 4.79 Å². The summed E-state index contributed by atoms with van der Waals surface area (Å²) in [5, 5.41) is 12.8. The molecule has 2 aromatic rings. The van der Waals surface area contributed by atoms with E-state index >= 15 is 0 Å². The number of aromatic carboxylic acids is 1. The SMILES string of the molecule is Cc1cc(C(=O)O)c(=O)n(-c2ccc(OC(F)(F)F)cc2)n1. The van der Waals surface area contributed by atoms with Crippen LogP contribution in [-0.4, -0.2) is 27.2 Å². The maximum absolute atomic E-state index is 12.1. The van der Waals surface area contributed by atoms with Crippen molar-refractivity contribution in [3.63, 3.8) is 0 Å². The summed E-state index contributed by atoms with van der Waals surface area (Å²) in [5.41, 5.74) is -0.982. The first-order valence-corrected chi connectivity index (χ1v) is 5.88. The minimum absolute atomic E-state index is 0.116. The van der Waals surface area contributed by atoms with Gasteiger partial charge in [-0.2, -0.15) is 9.78 Å². The van der Waals surface area contributed by atoms with Gasteiger partial charge in [0.2, 0.25) is 0 Å². The largest absolute Gasteiger partial charge is 0.573 e. The summed E-state index contributed by atoms with van der Waals surface area (Å²) >= 11 is 0. The maximum Gasteiger partial charge on any atom is 0.573 e. The molecule has 0 bridgehead atoms. The van der Waals surface area contributed by atoms with E-state index < -0.39 is 29.2 Å². The third kappa shape index (κ3) is 3.43. The number of aryl methyl sites for hydroxylation is 1. The number of carbonyl (C=O) groups is 1. The summed E-state index contributed by atoms with van der Waals surface area (Å²) < 4.78 is 40.7. The molecule has 0 amide bonds. The van der Waals surface area contributed by atoms with Crippen molar-refractivity contribution >= 4 is 5.97 Å². The number of benzene rings is 1. The molecule has 0 saturated carbocycles. The predicted molar refractivity (Wildman–Crippen MR) is 68.2 cm³/mol. The third-order valence-electron chi connectivity index (χ3n) is 2.58. The molecule has 0 fully saturated rings. The lowest BCUT2D eigenvalue weighted by Gasteiger charge is -2.10. The molecule has 0 atom stereocenters. The Labute approximate surface area is 121 Å². The number of carboxylic acids is 1. The van der Waals surface area contributed by atoms with E-state index in [0.29, 0.717) is 0 Å². The molecule has 1 heterocycles. The number of halogens is 3. The van der Waals surface area contributed by atoms with Gasteiger partial charge in [-0.15, -0.1) is 13.2 Å². The minimum atomic E-state index is -4.82. The minimum Gasteiger partial charge on any atom is -0.477 e. The Hall–Kier alpha value is -2.84. The molecule has 1 aromatic carbocycles. The lowest BCUT2D eigenvalue weighted by Crippen LogP contribution is -2.27. The second-order valence-corrected chi connectivity index (χ2v) is 4.26. The third-order valence-corrected chi connectivity index (χ3v) is 2.58. The van der Waals surface area contributed by atoms with Crippen LogP contribution in [-0.2, 0) is 0 Å². The summed E-state index contributed by atoms with van der Waals surface area (Å²) in [6.07, 6.45) is -4.82. The number of hydrogen-bond donors (Lipinski definition) is 1. The Bertz CT molecular complexity index is 766. The van der Waals surface area contributed by atoms with Crippen molar-refractivity contribution in [3.05, 3.63) is 51.9 Å². The molecule has 0 aliphatic heterocycles. The molecule has 0 saturated heterocycles. The molecule has 116 valence electrons. The van der Waals surface area contributed by atoms with E-state index in [1.807, 2.05) is 0 Å². The molecule has 9 heteroatoms. The Morgan fingerprint density at radius 2 is 1.86 bits per heavy atom. The van der Waals surface area contributed by atoms with E-state index in [9.17, 15) is 22.8 Å². The van der Waals surface area contributed by atoms with Gasteiger partial charge < -0.3 is 9.84 Å². The number of alkyl halides is 3. The smallest absolute Gasteiger partial charge is 0.477 e. The zero-order valence-electron chi connectivity index (χ0n) is 11.1. The first-order valence-electron chi connectivity index (χ1n) is 5.88. The van der Waals surface area contributed by atoms with Crippen LogP contribution in [0.3, 0.4) is 0 Å². The molecule has 0 spiro atoms.